The smallest absolute Gasteiger partial charge is 0.471 e. The number of halogens is 3. The first-order valence-corrected chi connectivity index (χ1v) is 25.2. The molecule has 2 N–H and O–H groups in total. The molecule has 1 aliphatic heterocycles. The van der Waals surface area contributed by atoms with Crippen molar-refractivity contribution < 1.29 is 60.6 Å². The van der Waals surface area contributed by atoms with Crippen molar-refractivity contribution in [3.63, 3.8) is 0 Å². The summed E-state index contributed by atoms with van der Waals surface area (Å²) in [6, 6.07) is 17.5. The van der Waals surface area contributed by atoms with Gasteiger partial charge in [-0.15, -0.1) is 0 Å². The molecule has 14 nitrogen and oxygen atoms in total. The van der Waals surface area contributed by atoms with E-state index in [4.69, 9.17) is 23.2 Å². The standard InChI is InChI=1S/C49H55F3N4O10Si/c1-47(2,3)67(7,8)66-48-31(38(55(4)5)41-37(43(48)59)45(54-65-41)64-26-28-18-13-10-14-19-28)23-29-22-30-34(62-6)24-32(53-44(60)33-20-15-21-56(33)46(61)49(50,51)52)40(36(30)39(57)35(29)42(48)58)63-25-27-16-11-9-12-17-27/h9-14,16-19,24,29,31,33,38,58H,15,20-23,25-26H2,1-8H3,(H,53,60)/t29-,31-,33-,38-,48?/m0/s1. The lowest BCUT2D eigenvalue weighted by Gasteiger charge is -2.55. The van der Waals surface area contributed by atoms with Crippen LogP contribution in [0.3, 0.4) is 0 Å². The zero-order chi connectivity index (χ0) is 48.4. The molecule has 4 aromatic rings. The summed E-state index contributed by atoms with van der Waals surface area (Å²) in [4.78, 5) is 60.2. The van der Waals surface area contributed by atoms with Crippen LogP contribution >= 0.6 is 0 Å². The largest absolute Gasteiger partial charge is 0.508 e. The van der Waals surface area contributed by atoms with Crippen LogP contribution in [0.2, 0.25) is 18.1 Å². The lowest BCUT2D eigenvalue weighted by atomic mass is 9.58. The van der Waals surface area contributed by atoms with Crippen LogP contribution < -0.4 is 19.5 Å². The summed E-state index contributed by atoms with van der Waals surface area (Å²) in [5.74, 6) is -6.37. The van der Waals surface area contributed by atoms with Crippen molar-refractivity contribution in [2.75, 3.05) is 33.1 Å². The Bertz CT molecular complexity index is 2630. The maximum Gasteiger partial charge on any atom is 0.471 e. The van der Waals surface area contributed by atoms with Crippen LogP contribution in [0.15, 0.2) is 82.6 Å². The number of ether oxygens (including phenoxy) is 3. The van der Waals surface area contributed by atoms with E-state index < -0.39 is 78.2 Å². The number of anilines is 1. The Labute approximate surface area is 387 Å². The van der Waals surface area contributed by atoms with Gasteiger partial charge in [0.25, 0.3) is 5.88 Å². The Morgan fingerprint density at radius 1 is 0.985 bits per heavy atom. The fraction of sp³-hybridized carbons (Fsp3) is 0.449. The second-order valence-electron chi connectivity index (χ2n) is 19.4. The first kappa shape index (κ1) is 47.5. The van der Waals surface area contributed by atoms with Gasteiger partial charge in [-0.25, -0.2) is 0 Å². The molecular weight excluding hydrogens is 890 g/mol. The van der Waals surface area contributed by atoms with E-state index in [2.05, 4.69) is 10.5 Å². The highest BCUT2D eigenvalue weighted by Crippen LogP contribution is 2.60. The molecule has 1 fully saturated rings. The second kappa shape index (κ2) is 17.6. The maximum atomic E-state index is 15.7. The lowest BCUT2D eigenvalue weighted by molar-refractivity contribution is -0.186. The quantitative estimate of drug-likeness (QED) is 0.130. The number of amides is 2. The maximum absolute atomic E-state index is 15.7. The number of carbonyl (C=O) groups is 4. The number of Topliss-reactive ketones (excluding diaryl/α,β-unsaturated/α-hetero) is 2. The Balaban J connectivity index is 1.30. The van der Waals surface area contributed by atoms with Crippen LogP contribution in [0.1, 0.15) is 89.2 Å². The van der Waals surface area contributed by atoms with Gasteiger partial charge in [-0.3, -0.25) is 24.1 Å². The number of hydrogen-bond acceptors (Lipinski definition) is 12. The molecule has 0 spiro atoms. The van der Waals surface area contributed by atoms with E-state index in [1.165, 1.54) is 13.2 Å². The molecule has 0 radical (unpaired) electrons. The number of allylic oxidation sites excluding steroid dienone is 1. The van der Waals surface area contributed by atoms with Gasteiger partial charge in [0.15, 0.2) is 31.2 Å². The number of benzene rings is 3. The van der Waals surface area contributed by atoms with Gasteiger partial charge >= 0.3 is 12.1 Å². The predicted octanol–water partition coefficient (Wildman–Crippen LogP) is 8.78. The Hall–Kier alpha value is -5.98. The highest BCUT2D eigenvalue weighted by atomic mass is 28.4. The molecule has 0 bridgehead atoms. The average molecular weight is 945 g/mol. The highest BCUT2D eigenvalue weighted by Gasteiger charge is 2.67. The number of likely N-dealkylation sites (tertiary alicyclic amines) is 1. The van der Waals surface area contributed by atoms with Crippen molar-refractivity contribution in [3.8, 4) is 17.4 Å². The van der Waals surface area contributed by atoms with Crippen molar-refractivity contribution in [2.24, 2.45) is 11.8 Å². The minimum absolute atomic E-state index is 0.0117. The fourth-order valence-electron chi connectivity index (χ4n) is 9.79. The van der Waals surface area contributed by atoms with E-state index in [0.717, 1.165) is 5.56 Å². The summed E-state index contributed by atoms with van der Waals surface area (Å²) in [6.45, 7) is 9.57. The number of nitrogens with zero attached hydrogens (tertiary/aromatic N) is 3. The Kier molecular flexibility index (Phi) is 12.5. The zero-order valence-electron chi connectivity index (χ0n) is 38.7. The molecule has 4 aliphatic rings. The first-order chi connectivity index (χ1) is 31.6. The van der Waals surface area contributed by atoms with Crippen LogP contribution in [-0.2, 0) is 33.6 Å². The lowest BCUT2D eigenvalue weighted by Crippen LogP contribution is -2.65. The molecule has 67 heavy (non-hydrogen) atoms. The number of aliphatic hydroxyl groups excluding tert-OH is 1. The molecule has 1 aromatic heterocycles. The fourth-order valence-corrected chi connectivity index (χ4v) is 11.2. The van der Waals surface area contributed by atoms with Crippen molar-refractivity contribution >= 4 is 37.4 Å². The van der Waals surface area contributed by atoms with Gasteiger partial charge in [-0.05, 0) is 80.1 Å². The molecule has 356 valence electrons. The molecule has 5 atom stereocenters. The third kappa shape index (κ3) is 8.30. The van der Waals surface area contributed by atoms with Gasteiger partial charge < -0.3 is 38.5 Å². The number of fused-ring (bicyclic) bond motifs is 4. The van der Waals surface area contributed by atoms with Crippen molar-refractivity contribution in [3.05, 3.63) is 112 Å². The summed E-state index contributed by atoms with van der Waals surface area (Å²) < 4.78 is 72.8. The minimum atomic E-state index is -5.20. The van der Waals surface area contributed by atoms with E-state index in [1.807, 2.05) is 89.3 Å². The van der Waals surface area contributed by atoms with Crippen molar-refractivity contribution in [1.82, 2.24) is 15.0 Å². The van der Waals surface area contributed by atoms with Gasteiger partial charge in [0.05, 0.1) is 24.4 Å². The van der Waals surface area contributed by atoms with Gasteiger partial charge in [0.2, 0.25) is 11.7 Å². The minimum Gasteiger partial charge on any atom is -0.508 e. The third-order valence-electron chi connectivity index (χ3n) is 14.0. The summed E-state index contributed by atoms with van der Waals surface area (Å²) in [7, 11) is 1.96. The number of nitrogens with one attached hydrogen (secondary N) is 1. The number of carbonyl (C=O) groups excluding carboxylic acids is 4. The number of ketones is 2. The van der Waals surface area contributed by atoms with E-state index >= 15 is 9.59 Å². The van der Waals surface area contributed by atoms with Crippen LogP contribution in [0, 0.1) is 11.8 Å². The van der Waals surface area contributed by atoms with E-state index in [-0.39, 0.29) is 91.0 Å². The Morgan fingerprint density at radius 2 is 1.61 bits per heavy atom. The summed E-state index contributed by atoms with van der Waals surface area (Å²) in [5, 5.41) is 19.6. The molecule has 3 aliphatic carbocycles. The molecule has 2 amide bonds. The molecule has 2 heterocycles. The normalized spacial score (nSPS) is 22.8. The summed E-state index contributed by atoms with van der Waals surface area (Å²) >= 11 is 0. The second-order valence-corrected chi connectivity index (χ2v) is 24.1. The summed E-state index contributed by atoms with van der Waals surface area (Å²) in [5.41, 5.74) is -0.544. The number of hydrogen-bond donors (Lipinski definition) is 2. The molecule has 8 rings (SSSR count). The monoisotopic (exact) mass is 944 g/mol. The van der Waals surface area contributed by atoms with E-state index in [1.54, 1.807) is 24.3 Å². The topological polar surface area (TPSA) is 170 Å². The highest BCUT2D eigenvalue weighted by molar-refractivity contribution is 6.74. The van der Waals surface area contributed by atoms with Crippen LogP contribution in [0.5, 0.6) is 17.4 Å². The van der Waals surface area contributed by atoms with Gasteiger partial charge in [0.1, 0.15) is 36.3 Å². The molecular formula is C49H55F3N4O10Si. The molecule has 1 saturated heterocycles. The van der Waals surface area contributed by atoms with Gasteiger partial charge in [0, 0.05) is 29.7 Å². The van der Waals surface area contributed by atoms with Gasteiger partial charge in [-0.2, -0.15) is 13.2 Å². The first-order valence-electron chi connectivity index (χ1n) is 22.3. The SMILES string of the molecule is COc1cc(NC(=O)[C@@H]2CCCN2C(=O)C(F)(F)F)c(OCc2ccccc2)c2c1C[C@H]1C[C@H]3[C@H](N(C)C)c4onc(OCc5ccccc5)c4C(=O)C3(O[Si](C)(C)C(C)(C)C)C(O)=C1C2=O. The number of methoxy groups -OCH3 is 1. The predicted molar refractivity (Wildman–Crippen MR) is 242 cm³/mol. The van der Waals surface area contributed by atoms with Crippen molar-refractivity contribution in [2.45, 2.75) is 102 Å². The third-order valence-corrected chi connectivity index (χ3v) is 18.4. The number of aromatic nitrogens is 1. The molecule has 1 unspecified atom stereocenters. The Morgan fingerprint density at radius 3 is 2.19 bits per heavy atom. The summed E-state index contributed by atoms with van der Waals surface area (Å²) in [6.07, 6.45) is -4.83. The molecule has 0 saturated carbocycles. The number of aliphatic hydroxyl groups is 1. The van der Waals surface area contributed by atoms with Crippen molar-refractivity contribution in [1.29, 1.82) is 0 Å². The van der Waals surface area contributed by atoms with E-state index in [0.29, 0.717) is 16.0 Å². The zero-order valence-corrected chi connectivity index (χ0v) is 39.7. The average Bonchev–Trinajstić information content (AvgIpc) is 3.94. The number of rotatable bonds is 12. The molecule has 3 aromatic carbocycles. The van der Waals surface area contributed by atoms with Gasteiger partial charge in [-0.1, -0.05) is 81.4 Å². The van der Waals surface area contributed by atoms with Crippen LogP contribution in [0.25, 0.3) is 0 Å². The van der Waals surface area contributed by atoms with Crippen LogP contribution in [-0.4, -0.2) is 97.3 Å². The molecule has 18 heteroatoms. The van der Waals surface area contributed by atoms with Crippen LogP contribution in [0.4, 0.5) is 18.9 Å². The number of alkyl halides is 3. The van der Waals surface area contributed by atoms with E-state index in [9.17, 15) is 27.9 Å².